The van der Waals surface area contributed by atoms with Crippen molar-refractivity contribution in [3.05, 3.63) is 34.0 Å². The Bertz CT molecular complexity index is 683. The molecule has 0 bridgehead atoms. The largest absolute Gasteiger partial charge is 0.464 e. The van der Waals surface area contributed by atoms with Gasteiger partial charge in [0.25, 0.3) is 0 Å². The summed E-state index contributed by atoms with van der Waals surface area (Å²) in [6, 6.07) is 2.19. The lowest BCUT2D eigenvalue weighted by Gasteiger charge is -2.26. The predicted octanol–water partition coefficient (Wildman–Crippen LogP) is 4.21. The molecule has 3 nitrogen and oxygen atoms in total. The number of hydrogen-bond acceptors (Lipinski definition) is 3. The SMILES string of the molecule is OCc1coc2c(CN3CCC[C@H]3C(F)(F)F)cc(Br)cc12. The third-order valence-electron chi connectivity index (χ3n) is 4.08. The first-order valence-corrected chi connectivity index (χ1v) is 7.79. The van der Waals surface area contributed by atoms with Crippen molar-refractivity contribution in [1.82, 2.24) is 4.90 Å². The second kappa shape index (κ2) is 5.86. The Balaban J connectivity index is 1.95. The number of hydrogen-bond donors (Lipinski definition) is 1. The summed E-state index contributed by atoms with van der Waals surface area (Å²) >= 11 is 3.37. The van der Waals surface area contributed by atoms with Gasteiger partial charge in [-0.1, -0.05) is 15.9 Å². The Kier molecular flexibility index (Phi) is 4.22. The Morgan fingerprint density at radius 1 is 1.32 bits per heavy atom. The van der Waals surface area contributed by atoms with Gasteiger partial charge in [0.15, 0.2) is 0 Å². The molecule has 0 aliphatic carbocycles. The fourth-order valence-electron chi connectivity index (χ4n) is 3.07. The first-order valence-electron chi connectivity index (χ1n) is 7.00. The van der Waals surface area contributed by atoms with Crippen LogP contribution in [0.2, 0.25) is 0 Å². The lowest BCUT2D eigenvalue weighted by Crippen LogP contribution is -2.40. The van der Waals surface area contributed by atoms with Crippen LogP contribution < -0.4 is 0 Å². The van der Waals surface area contributed by atoms with E-state index in [-0.39, 0.29) is 19.6 Å². The summed E-state index contributed by atoms with van der Waals surface area (Å²) < 4.78 is 45.4. The minimum Gasteiger partial charge on any atom is -0.464 e. The Hall–Kier alpha value is -1.05. The second-order valence-corrected chi connectivity index (χ2v) is 6.45. The van der Waals surface area contributed by atoms with Gasteiger partial charge < -0.3 is 9.52 Å². The summed E-state index contributed by atoms with van der Waals surface area (Å²) in [4.78, 5) is 1.45. The average Bonchev–Trinajstić information content (AvgIpc) is 3.04. The smallest absolute Gasteiger partial charge is 0.404 e. The zero-order chi connectivity index (χ0) is 15.9. The average molecular weight is 378 g/mol. The number of rotatable bonds is 3. The molecule has 1 fully saturated rings. The van der Waals surface area contributed by atoms with E-state index in [2.05, 4.69) is 15.9 Å². The molecule has 2 aromatic rings. The number of aliphatic hydroxyl groups excluding tert-OH is 1. The van der Waals surface area contributed by atoms with Gasteiger partial charge in [0.1, 0.15) is 11.6 Å². The van der Waals surface area contributed by atoms with Crippen LogP contribution in [0.4, 0.5) is 13.2 Å². The maximum absolute atomic E-state index is 13.1. The zero-order valence-corrected chi connectivity index (χ0v) is 13.2. The molecular formula is C15H15BrF3NO2. The van der Waals surface area contributed by atoms with Crippen molar-refractivity contribution in [3.63, 3.8) is 0 Å². The molecule has 1 N–H and O–H groups in total. The number of alkyl halides is 3. The zero-order valence-electron chi connectivity index (χ0n) is 11.7. The lowest BCUT2D eigenvalue weighted by molar-refractivity contribution is -0.177. The van der Waals surface area contributed by atoms with Gasteiger partial charge in [-0.2, -0.15) is 13.2 Å². The molecule has 0 amide bonds. The van der Waals surface area contributed by atoms with Gasteiger partial charge in [-0.15, -0.1) is 0 Å². The van der Waals surface area contributed by atoms with Crippen LogP contribution >= 0.6 is 15.9 Å². The van der Waals surface area contributed by atoms with Crippen LogP contribution in [-0.2, 0) is 13.2 Å². The molecule has 1 saturated heterocycles. The molecule has 0 radical (unpaired) electrons. The number of likely N-dealkylation sites (tertiary alicyclic amines) is 1. The Morgan fingerprint density at radius 2 is 2.09 bits per heavy atom. The molecule has 1 aromatic carbocycles. The number of nitrogens with zero attached hydrogens (tertiary/aromatic N) is 1. The highest BCUT2D eigenvalue weighted by Crippen LogP contribution is 2.36. The van der Waals surface area contributed by atoms with Gasteiger partial charge in [-0.25, -0.2) is 0 Å². The summed E-state index contributed by atoms with van der Waals surface area (Å²) in [5.41, 5.74) is 1.87. The topological polar surface area (TPSA) is 36.6 Å². The molecular weight excluding hydrogens is 363 g/mol. The molecule has 1 atom stereocenters. The normalized spacial score (nSPS) is 20.1. The molecule has 7 heteroatoms. The van der Waals surface area contributed by atoms with Gasteiger partial charge in [0, 0.05) is 27.5 Å². The monoisotopic (exact) mass is 377 g/mol. The first-order chi connectivity index (χ1) is 10.4. The van der Waals surface area contributed by atoms with Crippen molar-refractivity contribution in [2.45, 2.75) is 38.2 Å². The third-order valence-corrected chi connectivity index (χ3v) is 4.54. The van der Waals surface area contributed by atoms with Gasteiger partial charge in [0.05, 0.1) is 12.9 Å². The van der Waals surface area contributed by atoms with E-state index in [9.17, 15) is 18.3 Å². The highest BCUT2D eigenvalue weighted by Gasteiger charge is 2.45. The summed E-state index contributed by atoms with van der Waals surface area (Å²) in [6.45, 7) is 0.433. The lowest BCUT2D eigenvalue weighted by atomic mass is 10.1. The van der Waals surface area contributed by atoms with Crippen LogP contribution in [0, 0.1) is 0 Å². The maximum atomic E-state index is 13.1. The van der Waals surface area contributed by atoms with Crippen LogP contribution in [0.5, 0.6) is 0 Å². The number of fused-ring (bicyclic) bond motifs is 1. The molecule has 2 heterocycles. The van der Waals surface area contributed by atoms with E-state index in [1.54, 1.807) is 12.1 Å². The fraction of sp³-hybridized carbons (Fsp3) is 0.467. The molecule has 1 aromatic heterocycles. The number of furan rings is 1. The van der Waals surface area contributed by atoms with Gasteiger partial charge in [-0.05, 0) is 31.5 Å². The fourth-order valence-corrected chi connectivity index (χ4v) is 3.57. The van der Waals surface area contributed by atoms with Gasteiger partial charge in [-0.3, -0.25) is 4.90 Å². The third kappa shape index (κ3) is 2.89. The highest BCUT2D eigenvalue weighted by molar-refractivity contribution is 9.10. The van der Waals surface area contributed by atoms with Gasteiger partial charge in [0.2, 0.25) is 0 Å². The van der Waals surface area contributed by atoms with E-state index in [0.717, 1.165) is 9.86 Å². The Labute approximate surface area is 133 Å². The van der Waals surface area contributed by atoms with Crippen molar-refractivity contribution in [2.75, 3.05) is 6.54 Å². The quantitative estimate of drug-likeness (QED) is 0.869. The number of benzene rings is 1. The molecule has 3 rings (SSSR count). The Morgan fingerprint density at radius 3 is 2.77 bits per heavy atom. The molecule has 0 saturated carbocycles. The number of aliphatic hydroxyl groups is 1. The van der Waals surface area contributed by atoms with E-state index < -0.39 is 12.2 Å². The van der Waals surface area contributed by atoms with E-state index >= 15 is 0 Å². The van der Waals surface area contributed by atoms with Crippen LogP contribution in [-0.4, -0.2) is 28.8 Å². The van der Waals surface area contributed by atoms with Crippen molar-refractivity contribution in [3.8, 4) is 0 Å². The van der Waals surface area contributed by atoms with E-state index in [0.29, 0.717) is 29.7 Å². The second-order valence-electron chi connectivity index (χ2n) is 5.53. The van der Waals surface area contributed by atoms with Gasteiger partial charge >= 0.3 is 6.18 Å². The maximum Gasteiger partial charge on any atom is 0.404 e. The number of halogens is 4. The van der Waals surface area contributed by atoms with E-state index in [4.69, 9.17) is 4.42 Å². The van der Waals surface area contributed by atoms with Crippen LogP contribution in [0.3, 0.4) is 0 Å². The van der Waals surface area contributed by atoms with Crippen molar-refractivity contribution >= 4 is 26.9 Å². The van der Waals surface area contributed by atoms with Crippen LogP contribution in [0.1, 0.15) is 24.0 Å². The highest BCUT2D eigenvalue weighted by atomic mass is 79.9. The molecule has 1 aliphatic heterocycles. The molecule has 0 unspecified atom stereocenters. The van der Waals surface area contributed by atoms with E-state index in [1.807, 2.05) is 0 Å². The molecule has 1 aliphatic rings. The standard InChI is InChI=1S/C15H15BrF3NO2/c16-11-4-9(14-12(5-11)10(7-21)8-22-14)6-20-3-1-2-13(20)15(17,18)19/h4-5,8,13,21H,1-3,6-7H2/t13-/m0/s1. The van der Waals surface area contributed by atoms with Crippen molar-refractivity contribution in [1.29, 1.82) is 0 Å². The summed E-state index contributed by atoms with van der Waals surface area (Å²) in [7, 11) is 0. The summed E-state index contributed by atoms with van der Waals surface area (Å²) in [5, 5.41) is 10.0. The summed E-state index contributed by atoms with van der Waals surface area (Å²) in [6.07, 6.45) is -2.07. The van der Waals surface area contributed by atoms with Crippen LogP contribution in [0.15, 0.2) is 27.3 Å². The van der Waals surface area contributed by atoms with Crippen molar-refractivity contribution in [2.24, 2.45) is 0 Å². The molecule has 120 valence electrons. The van der Waals surface area contributed by atoms with Crippen molar-refractivity contribution < 1.29 is 22.7 Å². The van der Waals surface area contributed by atoms with E-state index in [1.165, 1.54) is 11.2 Å². The summed E-state index contributed by atoms with van der Waals surface area (Å²) in [5.74, 6) is 0. The minimum atomic E-state index is -4.21. The molecule has 0 spiro atoms. The predicted molar refractivity (Wildman–Crippen MR) is 79.3 cm³/mol. The minimum absolute atomic E-state index is 0.140. The van der Waals surface area contributed by atoms with Crippen LogP contribution in [0.25, 0.3) is 11.0 Å². The molecule has 22 heavy (non-hydrogen) atoms. The first kappa shape index (κ1) is 15.8.